The number of carbonyl (C=O) groups excluding carboxylic acids is 1. The van der Waals surface area contributed by atoms with Gasteiger partial charge in [0.25, 0.3) is 0 Å². The summed E-state index contributed by atoms with van der Waals surface area (Å²) < 4.78 is 35.3. The summed E-state index contributed by atoms with van der Waals surface area (Å²) in [6.45, 7) is 7.38. The molecule has 7 heteroatoms. The Kier molecular flexibility index (Phi) is 4.32. The molecule has 3 aliphatic rings. The van der Waals surface area contributed by atoms with Crippen molar-refractivity contribution in [3.63, 3.8) is 0 Å². The van der Waals surface area contributed by atoms with E-state index < -0.39 is 42.1 Å². The van der Waals surface area contributed by atoms with E-state index in [1.54, 1.807) is 24.3 Å². The minimum Gasteiger partial charge on any atom is -0.459 e. The lowest BCUT2D eigenvalue weighted by atomic mass is 9.99. The van der Waals surface area contributed by atoms with Gasteiger partial charge < -0.3 is 28.4 Å². The van der Waals surface area contributed by atoms with Gasteiger partial charge in [-0.25, -0.2) is 4.79 Å². The fourth-order valence-electron chi connectivity index (χ4n) is 3.64. The zero-order chi connectivity index (χ0) is 18.5. The van der Waals surface area contributed by atoms with Crippen molar-refractivity contribution in [2.45, 2.75) is 70.0 Å². The Morgan fingerprint density at radius 3 is 2.27 bits per heavy atom. The van der Waals surface area contributed by atoms with Crippen molar-refractivity contribution >= 4 is 5.97 Å². The van der Waals surface area contributed by atoms with Crippen molar-refractivity contribution in [3.05, 3.63) is 35.9 Å². The van der Waals surface area contributed by atoms with E-state index in [2.05, 4.69) is 0 Å². The molecular weight excluding hydrogens is 340 g/mol. The van der Waals surface area contributed by atoms with Gasteiger partial charge in [0, 0.05) is 0 Å². The lowest BCUT2D eigenvalue weighted by Crippen LogP contribution is -2.56. The molecule has 0 bridgehead atoms. The topological polar surface area (TPSA) is 72.5 Å². The standard InChI is InChI=1S/C19H24O7/c1-18(2)23-13-12(10-21-16(20)11-8-6-5-7-9-11)22-17-15(14(13)24-18)25-19(3,4)26-17/h5-9,12-15,17H,10H2,1-4H3/t12-,13+,14+,15+,17-/m0/s1. The Hall–Kier alpha value is -1.51. The largest absolute Gasteiger partial charge is 0.459 e. The monoisotopic (exact) mass is 364 g/mol. The molecule has 3 heterocycles. The molecule has 1 aromatic carbocycles. The molecule has 5 atom stereocenters. The number of rotatable bonds is 3. The number of fused-ring (bicyclic) bond motifs is 3. The van der Waals surface area contributed by atoms with E-state index in [-0.39, 0.29) is 12.7 Å². The third kappa shape index (κ3) is 3.37. The molecule has 26 heavy (non-hydrogen) atoms. The maximum Gasteiger partial charge on any atom is 0.338 e. The number of hydrogen-bond donors (Lipinski definition) is 0. The first-order chi connectivity index (χ1) is 12.2. The molecule has 3 fully saturated rings. The third-order valence-electron chi connectivity index (χ3n) is 4.64. The van der Waals surface area contributed by atoms with Crippen molar-refractivity contribution < 1.29 is 33.2 Å². The average molecular weight is 364 g/mol. The van der Waals surface area contributed by atoms with Crippen LogP contribution < -0.4 is 0 Å². The van der Waals surface area contributed by atoms with Crippen molar-refractivity contribution in [2.24, 2.45) is 0 Å². The predicted octanol–water partition coefficient (Wildman–Crippen LogP) is 2.24. The highest BCUT2D eigenvalue weighted by Crippen LogP contribution is 2.44. The second kappa shape index (κ2) is 6.28. The van der Waals surface area contributed by atoms with Gasteiger partial charge in [0.05, 0.1) is 5.56 Å². The molecule has 0 aliphatic carbocycles. The van der Waals surface area contributed by atoms with Crippen LogP contribution in [-0.2, 0) is 28.4 Å². The summed E-state index contributed by atoms with van der Waals surface area (Å²) in [5.41, 5.74) is 0.489. The number of hydrogen-bond acceptors (Lipinski definition) is 7. The van der Waals surface area contributed by atoms with Gasteiger partial charge in [0.2, 0.25) is 0 Å². The Morgan fingerprint density at radius 2 is 1.54 bits per heavy atom. The predicted molar refractivity (Wildman–Crippen MR) is 89.2 cm³/mol. The van der Waals surface area contributed by atoms with Gasteiger partial charge in [-0.3, -0.25) is 0 Å². The highest BCUT2D eigenvalue weighted by atomic mass is 16.9. The van der Waals surface area contributed by atoms with Crippen LogP contribution in [-0.4, -0.2) is 54.9 Å². The van der Waals surface area contributed by atoms with Crippen molar-refractivity contribution in [3.8, 4) is 0 Å². The molecule has 0 saturated carbocycles. The SMILES string of the molecule is CC1(C)O[C@@H]2O[C@@H](COC(=O)c3ccccc3)[C@H]3OC(C)(C)O[C@H]3[C@H]2O1. The first-order valence-electron chi connectivity index (χ1n) is 8.83. The minimum atomic E-state index is -0.772. The molecule has 3 aliphatic heterocycles. The highest BCUT2D eigenvalue weighted by molar-refractivity contribution is 5.89. The minimum absolute atomic E-state index is 0.0430. The van der Waals surface area contributed by atoms with Gasteiger partial charge >= 0.3 is 5.97 Å². The zero-order valence-corrected chi connectivity index (χ0v) is 15.3. The van der Waals surface area contributed by atoms with Crippen LogP contribution in [0.4, 0.5) is 0 Å². The summed E-state index contributed by atoms with van der Waals surface area (Å²) >= 11 is 0. The zero-order valence-electron chi connectivity index (χ0n) is 15.3. The molecule has 0 unspecified atom stereocenters. The summed E-state index contributed by atoms with van der Waals surface area (Å²) in [5, 5.41) is 0. The molecule has 0 N–H and O–H groups in total. The number of carbonyl (C=O) groups is 1. The van der Waals surface area contributed by atoms with Gasteiger partial charge in [0.1, 0.15) is 31.0 Å². The molecule has 0 spiro atoms. The van der Waals surface area contributed by atoms with E-state index in [1.165, 1.54) is 0 Å². The molecule has 0 aromatic heterocycles. The number of ether oxygens (including phenoxy) is 6. The summed E-state index contributed by atoms with van der Waals surface area (Å²) in [6, 6.07) is 8.83. The molecule has 0 radical (unpaired) electrons. The number of esters is 1. The quantitative estimate of drug-likeness (QED) is 0.762. The summed E-state index contributed by atoms with van der Waals surface area (Å²) in [5.74, 6) is -1.95. The fraction of sp³-hybridized carbons (Fsp3) is 0.632. The van der Waals surface area contributed by atoms with Crippen molar-refractivity contribution in [1.29, 1.82) is 0 Å². The molecule has 4 rings (SSSR count). The highest BCUT2D eigenvalue weighted by Gasteiger charge is 2.60. The lowest BCUT2D eigenvalue weighted by Gasteiger charge is -2.36. The molecule has 7 nitrogen and oxygen atoms in total. The smallest absolute Gasteiger partial charge is 0.338 e. The van der Waals surface area contributed by atoms with E-state index in [4.69, 9.17) is 28.4 Å². The van der Waals surface area contributed by atoms with E-state index >= 15 is 0 Å². The first-order valence-corrected chi connectivity index (χ1v) is 8.83. The summed E-state index contributed by atoms with van der Waals surface area (Å²) in [4.78, 5) is 12.2. The van der Waals surface area contributed by atoms with Crippen LogP contribution in [0.25, 0.3) is 0 Å². The van der Waals surface area contributed by atoms with Crippen LogP contribution in [0.2, 0.25) is 0 Å². The fourth-order valence-corrected chi connectivity index (χ4v) is 3.64. The summed E-state index contributed by atoms with van der Waals surface area (Å²) in [6.07, 6.45) is -2.26. The molecule has 142 valence electrons. The van der Waals surface area contributed by atoms with Crippen molar-refractivity contribution in [2.75, 3.05) is 6.61 Å². The molecule has 0 amide bonds. The Balaban J connectivity index is 1.48. The molecule has 3 saturated heterocycles. The van der Waals surface area contributed by atoms with Crippen LogP contribution in [0.3, 0.4) is 0 Å². The first kappa shape index (κ1) is 17.9. The second-order valence-corrected chi connectivity index (χ2v) is 7.67. The van der Waals surface area contributed by atoms with E-state index in [0.717, 1.165) is 0 Å². The van der Waals surface area contributed by atoms with Crippen LogP contribution in [0.5, 0.6) is 0 Å². The van der Waals surface area contributed by atoms with Crippen LogP contribution in [0.1, 0.15) is 38.1 Å². The second-order valence-electron chi connectivity index (χ2n) is 7.67. The Morgan fingerprint density at radius 1 is 0.923 bits per heavy atom. The van der Waals surface area contributed by atoms with Gasteiger partial charge in [-0.05, 0) is 39.8 Å². The van der Waals surface area contributed by atoms with Gasteiger partial charge in [-0.15, -0.1) is 0 Å². The maximum atomic E-state index is 12.2. The molecular formula is C19H24O7. The van der Waals surface area contributed by atoms with Crippen molar-refractivity contribution in [1.82, 2.24) is 0 Å². The van der Waals surface area contributed by atoms with Gasteiger partial charge in [0.15, 0.2) is 17.9 Å². The average Bonchev–Trinajstić information content (AvgIpc) is 3.07. The number of benzene rings is 1. The Bertz CT molecular complexity index is 672. The lowest BCUT2D eigenvalue weighted by molar-refractivity contribution is -0.240. The normalized spacial score (nSPS) is 37.0. The van der Waals surface area contributed by atoms with Gasteiger partial charge in [-0.2, -0.15) is 0 Å². The molecule has 1 aromatic rings. The van der Waals surface area contributed by atoms with Gasteiger partial charge in [-0.1, -0.05) is 18.2 Å². The third-order valence-corrected chi connectivity index (χ3v) is 4.64. The Labute approximate surface area is 152 Å². The van der Waals surface area contributed by atoms with E-state index in [9.17, 15) is 4.79 Å². The van der Waals surface area contributed by atoms with Crippen LogP contribution in [0.15, 0.2) is 30.3 Å². The van der Waals surface area contributed by atoms with Crippen LogP contribution in [0, 0.1) is 0 Å². The summed E-state index contributed by atoms with van der Waals surface area (Å²) in [7, 11) is 0. The van der Waals surface area contributed by atoms with E-state index in [0.29, 0.717) is 5.56 Å². The maximum absolute atomic E-state index is 12.2. The van der Waals surface area contributed by atoms with Crippen LogP contribution >= 0.6 is 0 Å². The van der Waals surface area contributed by atoms with E-state index in [1.807, 2.05) is 33.8 Å².